The Labute approximate surface area is 151 Å². The van der Waals surface area contributed by atoms with E-state index >= 15 is 0 Å². The van der Waals surface area contributed by atoms with Crippen LogP contribution in [0.4, 0.5) is 4.39 Å². The number of ether oxygens (including phenoxy) is 1. The highest BCUT2D eigenvalue weighted by Gasteiger charge is 2.12. The van der Waals surface area contributed by atoms with Gasteiger partial charge >= 0.3 is 0 Å². The van der Waals surface area contributed by atoms with Gasteiger partial charge in [-0.15, -0.1) is 5.10 Å². The molecule has 7 nitrogen and oxygen atoms in total. The van der Waals surface area contributed by atoms with Gasteiger partial charge in [0.25, 0.3) is 5.91 Å². The van der Waals surface area contributed by atoms with Gasteiger partial charge in [-0.1, -0.05) is 5.16 Å². The van der Waals surface area contributed by atoms with Gasteiger partial charge < -0.3 is 14.9 Å². The number of rotatable bonds is 7. The maximum Gasteiger partial charge on any atom is 0.273 e. The summed E-state index contributed by atoms with van der Waals surface area (Å²) in [5.74, 6) is -0.236. The molecule has 2 aromatic rings. The van der Waals surface area contributed by atoms with E-state index < -0.39 is 0 Å². The summed E-state index contributed by atoms with van der Waals surface area (Å²) in [4.78, 5) is 16.4. The molecule has 1 amide bonds. The van der Waals surface area contributed by atoms with Crippen molar-refractivity contribution < 1.29 is 18.8 Å². The third kappa shape index (κ3) is 4.69. The molecule has 0 atom stereocenters. The van der Waals surface area contributed by atoms with Crippen molar-refractivity contribution in [2.45, 2.75) is 13.8 Å². The van der Waals surface area contributed by atoms with Crippen LogP contribution in [0.3, 0.4) is 0 Å². The predicted octanol–water partition coefficient (Wildman–Crippen LogP) is 2.39. The largest absolute Gasteiger partial charge is 0.472 e. The van der Waals surface area contributed by atoms with E-state index in [-0.39, 0.29) is 24.0 Å². The molecule has 0 fully saturated rings. The zero-order valence-electron chi connectivity index (χ0n) is 15.1. The SMILES string of the molecule is CNC(=O)C(=NOC)C(C)=CCOc1ccn(-c2ccc(F)cc2C)n1. The molecule has 0 saturated heterocycles. The molecular weight excluding hydrogens is 339 g/mol. The third-order valence-electron chi connectivity index (χ3n) is 3.59. The number of nitrogens with zero attached hydrogens (tertiary/aromatic N) is 3. The summed E-state index contributed by atoms with van der Waals surface area (Å²) in [6.45, 7) is 3.74. The Balaban J connectivity index is 2.05. The van der Waals surface area contributed by atoms with Gasteiger partial charge in [0.05, 0.1) is 5.69 Å². The van der Waals surface area contributed by atoms with Crippen LogP contribution in [-0.2, 0) is 9.63 Å². The zero-order chi connectivity index (χ0) is 19.1. The number of benzene rings is 1. The van der Waals surface area contributed by atoms with Crippen LogP contribution in [0.2, 0.25) is 0 Å². The lowest BCUT2D eigenvalue weighted by Crippen LogP contribution is -2.28. The summed E-state index contributed by atoms with van der Waals surface area (Å²) in [5.41, 5.74) is 2.31. The first-order valence-electron chi connectivity index (χ1n) is 7.91. The van der Waals surface area contributed by atoms with Crippen LogP contribution in [0.1, 0.15) is 12.5 Å². The number of halogens is 1. The van der Waals surface area contributed by atoms with Crippen LogP contribution < -0.4 is 10.1 Å². The molecule has 0 spiro atoms. The van der Waals surface area contributed by atoms with Crippen LogP contribution in [-0.4, -0.2) is 42.2 Å². The number of oxime groups is 1. The first-order valence-corrected chi connectivity index (χ1v) is 7.91. The summed E-state index contributed by atoms with van der Waals surface area (Å²) in [6, 6.07) is 6.18. The topological polar surface area (TPSA) is 77.7 Å². The van der Waals surface area contributed by atoms with Crippen molar-refractivity contribution in [2.75, 3.05) is 20.8 Å². The third-order valence-corrected chi connectivity index (χ3v) is 3.59. The van der Waals surface area contributed by atoms with Crippen LogP contribution >= 0.6 is 0 Å². The van der Waals surface area contributed by atoms with E-state index in [9.17, 15) is 9.18 Å². The highest BCUT2D eigenvalue weighted by atomic mass is 19.1. The summed E-state index contributed by atoms with van der Waals surface area (Å²) < 4.78 is 20.4. The Morgan fingerprint density at radius 3 is 2.85 bits per heavy atom. The molecule has 0 aliphatic rings. The number of carbonyl (C=O) groups excluding carboxylic acids is 1. The Morgan fingerprint density at radius 2 is 2.19 bits per heavy atom. The van der Waals surface area contributed by atoms with E-state index in [4.69, 9.17) is 4.74 Å². The first kappa shape index (κ1) is 19.2. The molecule has 0 aliphatic heterocycles. The second kappa shape index (κ2) is 8.80. The van der Waals surface area contributed by atoms with E-state index in [0.717, 1.165) is 11.3 Å². The van der Waals surface area contributed by atoms with E-state index in [1.165, 1.54) is 26.3 Å². The van der Waals surface area contributed by atoms with Gasteiger partial charge in [-0.05, 0) is 49.3 Å². The second-order valence-electron chi connectivity index (χ2n) is 5.43. The van der Waals surface area contributed by atoms with Gasteiger partial charge in [0.15, 0.2) is 5.71 Å². The van der Waals surface area contributed by atoms with Crippen molar-refractivity contribution in [3.05, 3.63) is 53.5 Å². The van der Waals surface area contributed by atoms with Crippen LogP contribution in [0.5, 0.6) is 5.88 Å². The fourth-order valence-corrected chi connectivity index (χ4v) is 2.25. The molecule has 1 aromatic carbocycles. The van der Waals surface area contributed by atoms with Crippen molar-refractivity contribution >= 4 is 11.6 Å². The molecule has 1 N–H and O–H groups in total. The number of amides is 1. The van der Waals surface area contributed by atoms with Gasteiger partial charge in [-0.25, -0.2) is 9.07 Å². The quantitative estimate of drug-likeness (QED) is 0.607. The van der Waals surface area contributed by atoms with E-state index in [0.29, 0.717) is 11.5 Å². The molecular formula is C18H21FN4O3. The van der Waals surface area contributed by atoms with E-state index in [2.05, 4.69) is 20.4 Å². The van der Waals surface area contributed by atoms with Crippen LogP contribution in [0.25, 0.3) is 5.69 Å². The predicted molar refractivity (Wildman–Crippen MR) is 96.0 cm³/mol. The summed E-state index contributed by atoms with van der Waals surface area (Å²) in [5, 5.41) is 10.5. The molecule has 0 radical (unpaired) electrons. The van der Waals surface area contributed by atoms with Crippen molar-refractivity contribution in [3.63, 3.8) is 0 Å². The maximum atomic E-state index is 13.2. The fraction of sp³-hybridized carbons (Fsp3) is 0.278. The molecule has 0 aliphatic carbocycles. The van der Waals surface area contributed by atoms with Crippen molar-refractivity contribution in [1.29, 1.82) is 0 Å². The zero-order valence-corrected chi connectivity index (χ0v) is 15.1. The fourth-order valence-electron chi connectivity index (χ4n) is 2.25. The monoisotopic (exact) mass is 360 g/mol. The second-order valence-corrected chi connectivity index (χ2v) is 5.43. The molecule has 0 bridgehead atoms. The highest BCUT2D eigenvalue weighted by molar-refractivity contribution is 6.44. The van der Waals surface area contributed by atoms with Gasteiger partial charge in [0.1, 0.15) is 19.5 Å². The molecule has 8 heteroatoms. The lowest BCUT2D eigenvalue weighted by atomic mass is 10.1. The number of carbonyl (C=O) groups is 1. The lowest BCUT2D eigenvalue weighted by molar-refractivity contribution is -0.114. The Hall–Kier alpha value is -3.16. The summed E-state index contributed by atoms with van der Waals surface area (Å²) >= 11 is 0. The van der Waals surface area contributed by atoms with Gasteiger partial charge in [0, 0.05) is 19.3 Å². The number of hydrogen-bond donors (Lipinski definition) is 1. The standard InChI is InChI=1S/C18H21FN4O3/c1-12(17(22-25-4)18(24)20-3)8-10-26-16-7-9-23(21-16)15-6-5-14(19)11-13(15)2/h5-9,11H,10H2,1-4H3,(H,20,24). The van der Waals surface area contributed by atoms with Gasteiger partial charge in [0.2, 0.25) is 5.88 Å². The molecule has 1 aromatic heterocycles. The molecule has 26 heavy (non-hydrogen) atoms. The highest BCUT2D eigenvalue weighted by Crippen LogP contribution is 2.17. The van der Waals surface area contributed by atoms with Crippen molar-refractivity contribution in [3.8, 4) is 11.6 Å². The van der Waals surface area contributed by atoms with Gasteiger partial charge in [-0.3, -0.25) is 4.79 Å². The van der Waals surface area contributed by atoms with Crippen LogP contribution in [0.15, 0.2) is 47.3 Å². The number of aryl methyl sites for hydroxylation is 1. The minimum atomic E-state index is -0.350. The minimum absolute atomic E-state index is 0.172. The number of hydrogen-bond acceptors (Lipinski definition) is 5. The Morgan fingerprint density at radius 1 is 1.42 bits per heavy atom. The van der Waals surface area contributed by atoms with Gasteiger partial charge in [-0.2, -0.15) is 0 Å². The number of nitrogens with one attached hydrogen (secondary N) is 1. The van der Waals surface area contributed by atoms with Crippen molar-refractivity contribution in [2.24, 2.45) is 5.16 Å². The summed E-state index contributed by atoms with van der Waals surface area (Å²) in [6.07, 6.45) is 3.43. The lowest BCUT2D eigenvalue weighted by Gasteiger charge is -2.06. The molecule has 0 saturated carbocycles. The molecule has 1 heterocycles. The molecule has 2 rings (SSSR count). The number of aromatic nitrogens is 2. The van der Waals surface area contributed by atoms with E-state index in [1.54, 1.807) is 36.0 Å². The van der Waals surface area contributed by atoms with E-state index in [1.807, 2.05) is 6.92 Å². The van der Waals surface area contributed by atoms with Crippen LogP contribution in [0, 0.1) is 12.7 Å². The Kier molecular flexibility index (Phi) is 6.48. The maximum absolute atomic E-state index is 13.2. The Bertz CT molecular complexity index is 843. The first-order chi connectivity index (χ1) is 12.5. The average Bonchev–Trinajstić information content (AvgIpc) is 3.07. The normalized spacial score (nSPS) is 12.0. The van der Waals surface area contributed by atoms with Crippen molar-refractivity contribution in [1.82, 2.24) is 15.1 Å². The molecule has 0 unspecified atom stereocenters. The smallest absolute Gasteiger partial charge is 0.273 e. The average molecular weight is 360 g/mol. The summed E-state index contributed by atoms with van der Waals surface area (Å²) in [7, 11) is 2.89. The molecule has 138 valence electrons. The minimum Gasteiger partial charge on any atom is -0.472 e.